The molecule has 2 aromatic rings. The molecule has 2 nitrogen and oxygen atoms in total. The van der Waals surface area contributed by atoms with Crippen LogP contribution in [0.3, 0.4) is 0 Å². The maximum absolute atomic E-state index is 13.9. The maximum atomic E-state index is 13.9. The highest BCUT2D eigenvalue weighted by Crippen LogP contribution is 2.27. The van der Waals surface area contributed by atoms with Gasteiger partial charge >= 0.3 is 0 Å². The molecule has 1 N–H and O–H groups in total. The number of rotatable bonds is 5. The minimum absolute atomic E-state index is 0.00144. The largest absolute Gasteiger partial charge is 0.372 e. The molecule has 1 heterocycles. The zero-order chi connectivity index (χ0) is 17.1. The van der Waals surface area contributed by atoms with Gasteiger partial charge in [-0.1, -0.05) is 18.2 Å². The monoisotopic (exact) mass is 330 g/mol. The van der Waals surface area contributed by atoms with Gasteiger partial charge < -0.3 is 10.2 Å². The number of nitrogens with one attached hydrogen (secondary N) is 1. The van der Waals surface area contributed by atoms with E-state index in [1.165, 1.54) is 36.7 Å². The molecule has 1 saturated heterocycles. The van der Waals surface area contributed by atoms with E-state index < -0.39 is 17.7 Å². The lowest BCUT2D eigenvalue weighted by Gasteiger charge is -2.24. The maximum Gasteiger partial charge on any atom is 0.130 e. The Hall–Kier alpha value is -1.94. The van der Waals surface area contributed by atoms with E-state index in [4.69, 9.17) is 0 Å². The number of halogens is 2. The molecule has 1 fully saturated rings. The van der Waals surface area contributed by atoms with Crippen LogP contribution in [-0.2, 0) is 0 Å². The molecule has 4 heteroatoms. The van der Waals surface area contributed by atoms with E-state index in [1.807, 2.05) is 6.92 Å². The van der Waals surface area contributed by atoms with Gasteiger partial charge in [-0.3, -0.25) is 0 Å². The van der Waals surface area contributed by atoms with Gasteiger partial charge in [-0.05, 0) is 56.5 Å². The summed E-state index contributed by atoms with van der Waals surface area (Å²) in [6.45, 7) is 6.02. The first-order chi connectivity index (χ1) is 11.6. The Morgan fingerprint density at radius 1 is 0.917 bits per heavy atom. The van der Waals surface area contributed by atoms with Crippen molar-refractivity contribution in [2.24, 2.45) is 0 Å². The SMILES string of the molecule is C[C@@H](N[C@H](C)c1c(F)cccc1F)c1cccc(N2CCCC2)c1. The summed E-state index contributed by atoms with van der Waals surface area (Å²) >= 11 is 0. The molecule has 2 aromatic carbocycles. The summed E-state index contributed by atoms with van der Waals surface area (Å²) in [5, 5.41) is 3.31. The van der Waals surface area contributed by atoms with E-state index in [2.05, 4.69) is 34.5 Å². The molecule has 1 aliphatic rings. The molecule has 0 saturated carbocycles. The van der Waals surface area contributed by atoms with Gasteiger partial charge in [-0.15, -0.1) is 0 Å². The van der Waals surface area contributed by atoms with E-state index in [-0.39, 0.29) is 11.6 Å². The molecule has 0 amide bonds. The van der Waals surface area contributed by atoms with Crippen molar-refractivity contribution < 1.29 is 8.78 Å². The summed E-state index contributed by atoms with van der Waals surface area (Å²) in [6, 6.07) is 12.0. The minimum Gasteiger partial charge on any atom is -0.372 e. The molecule has 0 aliphatic carbocycles. The Bertz CT molecular complexity index is 676. The number of benzene rings is 2. The third-order valence-corrected chi connectivity index (χ3v) is 4.77. The van der Waals surface area contributed by atoms with Gasteiger partial charge in [0.25, 0.3) is 0 Å². The van der Waals surface area contributed by atoms with Gasteiger partial charge in [-0.2, -0.15) is 0 Å². The van der Waals surface area contributed by atoms with Crippen LogP contribution in [0.1, 0.15) is 49.9 Å². The van der Waals surface area contributed by atoms with Crippen LogP contribution in [0, 0.1) is 11.6 Å². The van der Waals surface area contributed by atoms with Gasteiger partial charge in [0.1, 0.15) is 11.6 Å². The molecule has 0 aromatic heterocycles. The molecule has 3 rings (SSSR count). The van der Waals surface area contributed by atoms with Crippen LogP contribution < -0.4 is 10.2 Å². The van der Waals surface area contributed by atoms with Gasteiger partial charge in [0.15, 0.2) is 0 Å². The third-order valence-electron chi connectivity index (χ3n) is 4.77. The molecule has 0 unspecified atom stereocenters. The molecular weight excluding hydrogens is 306 g/mol. The van der Waals surface area contributed by atoms with Crippen molar-refractivity contribution in [1.82, 2.24) is 5.32 Å². The third kappa shape index (κ3) is 3.59. The van der Waals surface area contributed by atoms with Crippen LogP contribution in [0.4, 0.5) is 14.5 Å². The summed E-state index contributed by atoms with van der Waals surface area (Å²) in [5.74, 6) is -1.01. The Labute approximate surface area is 142 Å². The van der Waals surface area contributed by atoms with Crippen LogP contribution in [-0.4, -0.2) is 13.1 Å². The molecular formula is C20H24F2N2. The van der Waals surface area contributed by atoms with Crippen molar-refractivity contribution in [3.8, 4) is 0 Å². The number of anilines is 1. The average molecular weight is 330 g/mol. The number of hydrogen-bond donors (Lipinski definition) is 1. The number of nitrogens with zero attached hydrogens (tertiary/aromatic N) is 1. The summed E-state index contributed by atoms with van der Waals surface area (Å²) in [4.78, 5) is 2.39. The lowest BCUT2D eigenvalue weighted by Crippen LogP contribution is -2.24. The van der Waals surface area contributed by atoms with Gasteiger partial charge in [-0.25, -0.2) is 8.78 Å². The summed E-state index contributed by atoms with van der Waals surface area (Å²) < 4.78 is 27.9. The second-order valence-corrected chi connectivity index (χ2v) is 6.53. The van der Waals surface area contributed by atoms with E-state index in [0.717, 1.165) is 18.7 Å². The summed E-state index contributed by atoms with van der Waals surface area (Å²) in [6.07, 6.45) is 2.48. The fraction of sp³-hybridized carbons (Fsp3) is 0.400. The van der Waals surface area contributed by atoms with E-state index in [9.17, 15) is 8.78 Å². The number of hydrogen-bond acceptors (Lipinski definition) is 2. The van der Waals surface area contributed by atoms with Gasteiger partial charge in [0.2, 0.25) is 0 Å². The van der Waals surface area contributed by atoms with Gasteiger partial charge in [0.05, 0.1) is 0 Å². The predicted octanol–water partition coefficient (Wildman–Crippen LogP) is 4.98. The van der Waals surface area contributed by atoms with Crippen LogP contribution in [0.25, 0.3) is 0 Å². The fourth-order valence-corrected chi connectivity index (χ4v) is 3.45. The normalized spacial score (nSPS) is 17.1. The lowest BCUT2D eigenvalue weighted by atomic mass is 10.0. The highest BCUT2D eigenvalue weighted by atomic mass is 19.1. The minimum atomic E-state index is -0.506. The van der Waals surface area contributed by atoms with Crippen LogP contribution in [0.5, 0.6) is 0 Å². The van der Waals surface area contributed by atoms with Crippen LogP contribution >= 0.6 is 0 Å². The second kappa shape index (κ2) is 7.31. The van der Waals surface area contributed by atoms with Crippen molar-refractivity contribution in [2.45, 2.75) is 38.8 Å². The molecule has 2 atom stereocenters. The predicted molar refractivity (Wildman–Crippen MR) is 94.2 cm³/mol. The van der Waals surface area contributed by atoms with Crippen molar-refractivity contribution in [2.75, 3.05) is 18.0 Å². The van der Waals surface area contributed by atoms with Crippen LogP contribution in [0.15, 0.2) is 42.5 Å². The highest BCUT2D eigenvalue weighted by molar-refractivity contribution is 5.49. The fourth-order valence-electron chi connectivity index (χ4n) is 3.45. The van der Waals surface area contributed by atoms with E-state index in [0.29, 0.717) is 0 Å². The van der Waals surface area contributed by atoms with Crippen molar-refractivity contribution in [3.63, 3.8) is 0 Å². The molecule has 0 spiro atoms. The van der Waals surface area contributed by atoms with Gasteiger partial charge in [0, 0.05) is 36.4 Å². The summed E-state index contributed by atoms with van der Waals surface area (Å²) in [5.41, 5.74) is 2.45. The molecule has 0 radical (unpaired) electrons. The smallest absolute Gasteiger partial charge is 0.130 e. The molecule has 128 valence electrons. The zero-order valence-electron chi connectivity index (χ0n) is 14.2. The first-order valence-corrected chi connectivity index (χ1v) is 8.61. The molecule has 1 aliphatic heterocycles. The molecule has 0 bridgehead atoms. The van der Waals surface area contributed by atoms with E-state index in [1.54, 1.807) is 6.92 Å². The lowest BCUT2D eigenvalue weighted by molar-refractivity contribution is 0.450. The first kappa shape index (κ1) is 16.9. The van der Waals surface area contributed by atoms with Crippen molar-refractivity contribution >= 4 is 5.69 Å². The van der Waals surface area contributed by atoms with Crippen molar-refractivity contribution in [1.29, 1.82) is 0 Å². The average Bonchev–Trinajstić information content (AvgIpc) is 3.09. The zero-order valence-corrected chi connectivity index (χ0v) is 14.2. The van der Waals surface area contributed by atoms with Crippen molar-refractivity contribution in [3.05, 3.63) is 65.2 Å². The Kier molecular flexibility index (Phi) is 5.14. The Morgan fingerprint density at radius 2 is 1.54 bits per heavy atom. The van der Waals surface area contributed by atoms with Crippen LogP contribution in [0.2, 0.25) is 0 Å². The first-order valence-electron chi connectivity index (χ1n) is 8.61. The van der Waals surface area contributed by atoms with E-state index >= 15 is 0 Å². The highest BCUT2D eigenvalue weighted by Gasteiger charge is 2.19. The second-order valence-electron chi connectivity index (χ2n) is 6.53. The standard InChI is InChI=1S/C20H24F2N2/c1-14(23-15(2)20-18(21)9-6-10-19(20)22)16-7-5-8-17(13-16)24-11-3-4-12-24/h5-10,13-15,23H,3-4,11-12H2,1-2H3/t14-,15-/m1/s1. The summed E-state index contributed by atoms with van der Waals surface area (Å²) in [7, 11) is 0. The molecule has 24 heavy (non-hydrogen) atoms. The Morgan fingerprint density at radius 3 is 2.21 bits per heavy atom. The Balaban J connectivity index is 1.74. The topological polar surface area (TPSA) is 15.3 Å². The quantitative estimate of drug-likeness (QED) is 0.832.